The lowest BCUT2D eigenvalue weighted by Gasteiger charge is -2.00. The molecule has 0 N–H and O–H groups in total. The van der Waals surface area contributed by atoms with Crippen molar-refractivity contribution in [1.29, 1.82) is 0 Å². The summed E-state index contributed by atoms with van der Waals surface area (Å²) in [7, 11) is 0. The number of unbranched alkanes of at least 4 members (excludes halogenated alkanes) is 14. The van der Waals surface area contributed by atoms with Crippen LogP contribution in [-0.2, 0) is 0 Å². The van der Waals surface area contributed by atoms with E-state index in [1.165, 1.54) is 96.3 Å². The average Bonchev–Trinajstić information content (AvgIpc) is 2.47. The molecule has 0 fully saturated rings. The van der Waals surface area contributed by atoms with Crippen molar-refractivity contribution in [1.82, 2.24) is 0 Å². The van der Waals surface area contributed by atoms with Crippen molar-refractivity contribution in [2.24, 2.45) is 0 Å². The van der Waals surface area contributed by atoms with E-state index in [9.17, 15) is 0 Å². The molecule has 0 aromatic carbocycles. The molecule has 1 radical (unpaired) electrons. The van der Waals surface area contributed by atoms with Gasteiger partial charge in [0.05, 0.1) is 0 Å². The first-order valence-corrected chi connectivity index (χ1v) is 9.38. The second kappa shape index (κ2) is 18.7. The van der Waals surface area contributed by atoms with Gasteiger partial charge < -0.3 is 0 Å². The first-order chi connectivity index (χ1) is 9.91. The minimum absolute atomic E-state index is 1.24. The molecule has 0 atom stereocenters. The van der Waals surface area contributed by atoms with Gasteiger partial charge in [-0.2, -0.15) is 0 Å². The van der Waals surface area contributed by atoms with E-state index in [0.29, 0.717) is 0 Å². The zero-order chi connectivity index (χ0) is 14.7. The summed E-state index contributed by atoms with van der Waals surface area (Å²) in [5.41, 5.74) is 0. The zero-order valence-electron chi connectivity index (χ0n) is 14.3. The molecule has 0 heteroatoms. The quantitative estimate of drug-likeness (QED) is 0.201. The molecule has 0 spiro atoms. The Morgan fingerprint density at radius 3 is 1.45 bits per heavy atom. The fraction of sp³-hybridized carbons (Fsp3) is 0.850. The third kappa shape index (κ3) is 17.7. The number of allylic oxidation sites excluding steroid dienone is 2. The van der Waals surface area contributed by atoms with E-state index in [-0.39, 0.29) is 0 Å². The van der Waals surface area contributed by atoms with Crippen molar-refractivity contribution >= 4 is 0 Å². The summed E-state index contributed by atoms with van der Waals surface area (Å²) >= 11 is 0. The Morgan fingerprint density at radius 2 is 0.950 bits per heavy atom. The van der Waals surface area contributed by atoms with Crippen LogP contribution in [0.5, 0.6) is 0 Å². The highest BCUT2D eigenvalue weighted by Gasteiger charge is 1.91. The summed E-state index contributed by atoms with van der Waals surface area (Å²) in [5.74, 6) is 0. The zero-order valence-corrected chi connectivity index (χ0v) is 14.3. The summed E-state index contributed by atoms with van der Waals surface area (Å²) in [5, 5.41) is 0. The highest BCUT2D eigenvalue weighted by atomic mass is 14.0. The first kappa shape index (κ1) is 19.7. The Morgan fingerprint density at radius 1 is 0.500 bits per heavy atom. The Balaban J connectivity index is 3.01. The lowest BCUT2D eigenvalue weighted by molar-refractivity contribution is 0.607. The van der Waals surface area contributed by atoms with Crippen molar-refractivity contribution in [3.8, 4) is 0 Å². The molecular formula is C20H39. The lowest BCUT2D eigenvalue weighted by atomic mass is 10.1. The van der Waals surface area contributed by atoms with Gasteiger partial charge >= 0.3 is 0 Å². The largest absolute Gasteiger partial charge is 0.0885 e. The fourth-order valence-electron chi connectivity index (χ4n) is 2.56. The van der Waals surface area contributed by atoms with Crippen LogP contribution in [-0.4, -0.2) is 0 Å². The minimum Gasteiger partial charge on any atom is -0.0885 e. The van der Waals surface area contributed by atoms with Crippen LogP contribution in [0, 0.1) is 6.42 Å². The van der Waals surface area contributed by atoms with Gasteiger partial charge in [0.2, 0.25) is 0 Å². The minimum atomic E-state index is 1.24. The van der Waals surface area contributed by atoms with E-state index >= 15 is 0 Å². The molecule has 0 rings (SSSR count). The van der Waals surface area contributed by atoms with Crippen LogP contribution in [0.2, 0.25) is 0 Å². The maximum Gasteiger partial charge on any atom is -0.0351 e. The number of hydrogen-bond acceptors (Lipinski definition) is 0. The number of hydrogen-bond donors (Lipinski definition) is 0. The van der Waals surface area contributed by atoms with E-state index in [0.717, 1.165) is 0 Å². The average molecular weight is 280 g/mol. The SMILES string of the molecule is CC[CH]CCCCCCC/C=C\CCCCCCCC. The Bertz CT molecular complexity index is 180. The predicted molar refractivity (Wildman–Crippen MR) is 94.0 cm³/mol. The van der Waals surface area contributed by atoms with Crippen molar-refractivity contribution in [3.05, 3.63) is 18.6 Å². The molecule has 0 aliphatic rings. The van der Waals surface area contributed by atoms with E-state index in [4.69, 9.17) is 0 Å². The maximum atomic E-state index is 2.41. The Labute approximate surface area is 129 Å². The molecular weight excluding hydrogens is 240 g/mol. The molecule has 0 heterocycles. The van der Waals surface area contributed by atoms with Crippen LogP contribution in [0.1, 0.15) is 110 Å². The molecule has 0 unspecified atom stereocenters. The molecule has 0 aliphatic heterocycles. The van der Waals surface area contributed by atoms with Crippen LogP contribution in [0.4, 0.5) is 0 Å². The predicted octanol–water partition coefficient (Wildman–Crippen LogP) is 7.64. The van der Waals surface area contributed by atoms with Crippen molar-refractivity contribution in [3.63, 3.8) is 0 Å². The van der Waals surface area contributed by atoms with Gasteiger partial charge in [0.15, 0.2) is 0 Å². The molecule has 0 aromatic heterocycles. The summed E-state index contributed by atoms with van der Waals surface area (Å²) in [4.78, 5) is 0. The maximum absolute atomic E-state index is 2.41. The second-order valence-electron chi connectivity index (χ2n) is 6.07. The molecule has 0 nitrogen and oxygen atoms in total. The Kier molecular flexibility index (Phi) is 18.5. The summed E-state index contributed by atoms with van der Waals surface area (Å²) in [6, 6.07) is 0. The monoisotopic (exact) mass is 279 g/mol. The van der Waals surface area contributed by atoms with Crippen molar-refractivity contribution in [2.75, 3.05) is 0 Å². The first-order valence-electron chi connectivity index (χ1n) is 9.38. The lowest BCUT2D eigenvalue weighted by Crippen LogP contribution is -1.80. The normalized spacial score (nSPS) is 11.5. The fourth-order valence-corrected chi connectivity index (χ4v) is 2.56. The summed E-state index contributed by atoms with van der Waals surface area (Å²) in [6.45, 7) is 4.52. The summed E-state index contributed by atoms with van der Waals surface area (Å²) in [6.07, 6.45) is 28.0. The summed E-state index contributed by atoms with van der Waals surface area (Å²) < 4.78 is 0. The highest BCUT2D eigenvalue weighted by molar-refractivity contribution is 4.81. The molecule has 0 amide bonds. The third-order valence-electron chi connectivity index (χ3n) is 3.96. The van der Waals surface area contributed by atoms with Gasteiger partial charge in [-0.3, -0.25) is 0 Å². The van der Waals surface area contributed by atoms with Crippen LogP contribution in [0.25, 0.3) is 0 Å². The Hall–Kier alpha value is -0.260. The van der Waals surface area contributed by atoms with Crippen LogP contribution >= 0.6 is 0 Å². The molecule has 119 valence electrons. The second-order valence-corrected chi connectivity index (χ2v) is 6.07. The molecule has 0 aromatic rings. The van der Waals surface area contributed by atoms with Gasteiger partial charge in [-0.1, -0.05) is 96.6 Å². The van der Waals surface area contributed by atoms with Gasteiger partial charge in [0.1, 0.15) is 0 Å². The molecule has 0 saturated heterocycles. The van der Waals surface area contributed by atoms with E-state index in [1.807, 2.05) is 0 Å². The standard InChI is InChI=1S/C20H39/c1-3-5-7-9-11-13-15-17-19-20-18-16-14-12-10-8-6-4-2/h5,18,20H,3-4,6-17,19H2,1-2H3/b20-18-. The van der Waals surface area contributed by atoms with Crippen molar-refractivity contribution in [2.45, 2.75) is 110 Å². The van der Waals surface area contributed by atoms with Crippen molar-refractivity contribution < 1.29 is 0 Å². The number of rotatable bonds is 16. The highest BCUT2D eigenvalue weighted by Crippen LogP contribution is 2.10. The van der Waals surface area contributed by atoms with Gasteiger partial charge in [-0.25, -0.2) is 0 Å². The smallest absolute Gasteiger partial charge is 0.0351 e. The van der Waals surface area contributed by atoms with Gasteiger partial charge in [0.25, 0.3) is 0 Å². The van der Waals surface area contributed by atoms with Gasteiger partial charge in [0, 0.05) is 0 Å². The third-order valence-corrected chi connectivity index (χ3v) is 3.96. The molecule has 0 aliphatic carbocycles. The van der Waals surface area contributed by atoms with Crippen LogP contribution in [0.3, 0.4) is 0 Å². The van der Waals surface area contributed by atoms with Gasteiger partial charge in [-0.05, 0) is 32.1 Å². The van der Waals surface area contributed by atoms with Gasteiger partial charge in [-0.15, -0.1) is 0 Å². The topological polar surface area (TPSA) is 0 Å². The molecule has 20 heavy (non-hydrogen) atoms. The van der Waals surface area contributed by atoms with E-state index < -0.39 is 0 Å². The molecule has 0 saturated carbocycles. The van der Waals surface area contributed by atoms with Crippen LogP contribution in [0.15, 0.2) is 12.2 Å². The van der Waals surface area contributed by atoms with Crippen LogP contribution < -0.4 is 0 Å². The molecule has 0 bridgehead atoms. The van der Waals surface area contributed by atoms with E-state index in [1.54, 1.807) is 0 Å². The van der Waals surface area contributed by atoms with E-state index in [2.05, 4.69) is 32.4 Å².